The highest BCUT2D eigenvalue weighted by molar-refractivity contribution is 5.17. The molecule has 0 saturated heterocycles. The van der Waals surface area contributed by atoms with E-state index in [9.17, 15) is 13.2 Å². The summed E-state index contributed by atoms with van der Waals surface area (Å²) in [5.74, 6) is -0.751. The van der Waals surface area contributed by atoms with Crippen molar-refractivity contribution >= 4 is 0 Å². The number of rotatable bonds is 5. The molecule has 0 bridgehead atoms. The number of ether oxygens (including phenoxy) is 1. The third kappa shape index (κ3) is 2.66. The van der Waals surface area contributed by atoms with Crippen LogP contribution in [0.3, 0.4) is 0 Å². The molecule has 5 heteroatoms. The van der Waals surface area contributed by atoms with Gasteiger partial charge in [-0.1, -0.05) is 26.8 Å². The Hall–Kier alpha value is -1.10. The summed E-state index contributed by atoms with van der Waals surface area (Å²) in [5.41, 5.74) is -2.41. The van der Waals surface area contributed by atoms with Crippen LogP contribution in [0.15, 0.2) is 24.4 Å². The zero-order chi connectivity index (χ0) is 13.8. The number of aromatic nitrogens is 1. The van der Waals surface area contributed by atoms with Crippen LogP contribution >= 0.6 is 0 Å². The van der Waals surface area contributed by atoms with Crippen LogP contribution in [0.5, 0.6) is 0 Å². The van der Waals surface area contributed by atoms with E-state index >= 15 is 0 Å². The van der Waals surface area contributed by atoms with Crippen molar-refractivity contribution in [2.45, 2.75) is 39.0 Å². The lowest BCUT2D eigenvalue weighted by molar-refractivity contribution is -0.303. The first-order chi connectivity index (χ1) is 8.36. The van der Waals surface area contributed by atoms with Crippen molar-refractivity contribution in [3.63, 3.8) is 0 Å². The van der Waals surface area contributed by atoms with Crippen LogP contribution in [0, 0.1) is 5.92 Å². The van der Waals surface area contributed by atoms with Gasteiger partial charge >= 0.3 is 6.18 Å². The van der Waals surface area contributed by atoms with E-state index in [0.29, 0.717) is 6.42 Å². The second-order valence-corrected chi connectivity index (χ2v) is 4.45. The Morgan fingerprint density at radius 2 is 1.94 bits per heavy atom. The quantitative estimate of drug-likeness (QED) is 0.801. The number of halogens is 3. The highest BCUT2D eigenvalue weighted by Gasteiger charge is 2.60. The standard InChI is InChI=1S/C13H18F3NO/c1-4-9-18-12(10(2)3,13(14,15)16)11-7-5-6-8-17-11/h5-8,10H,4,9H2,1-3H3. The molecule has 0 aliphatic carbocycles. The molecule has 0 aliphatic rings. The molecule has 1 heterocycles. The van der Waals surface area contributed by atoms with E-state index in [-0.39, 0.29) is 12.3 Å². The Bertz CT molecular complexity index is 364. The summed E-state index contributed by atoms with van der Waals surface area (Å²) in [5, 5.41) is 0. The summed E-state index contributed by atoms with van der Waals surface area (Å²) in [6.45, 7) is 4.82. The molecular formula is C13H18F3NO. The Morgan fingerprint density at radius 1 is 1.28 bits per heavy atom. The number of hydrogen-bond acceptors (Lipinski definition) is 2. The van der Waals surface area contributed by atoms with Gasteiger partial charge < -0.3 is 4.74 Å². The average Bonchev–Trinajstić information content (AvgIpc) is 2.29. The molecule has 2 nitrogen and oxygen atoms in total. The number of nitrogens with zero attached hydrogens (tertiary/aromatic N) is 1. The molecule has 0 spiro atoms. The smallest absolute Gasteiger partial charge is 0.359 e. The molecule has 1 aromatic rings. The van der Waals surface area contributed by atoms with Crippen LogP contribution in [-0.2, 0) is 10.3 Å². The maximum Gasteiger partial charge on any atom is 0.423 e. The molecule has 0 aromatic carbocycles. The van der Waals surface area contributed by atoms with Crippen LogP contribution in [0.4, 0.5) is 13.2 Å². The maximum absolute atomic E-state index is 13.5. The third-order valence-corrected chi connectivity index (χ3v) is 2.81. The minimum atomic E-state index is -4.50. The molecule has 0 saturated carbocycles. The zero-order valence-electron chi connectivity index (χ0n) is 10.8. The molecule has 0 amide bonds. The second kappa shape index (κ2) is 5.69. The van der Waals surface area contributed by atoms with Crippen LogP contribution < -0.4 is 0 Å². The summed E-state index contributed by atoms with van der Waals surface area (Å²) in [7, 11) is 0. The lowest BCUT2D eigenvalue weighted by atomic mass is 9.85. The van der Waals surface area contributed by atoms with Gasteiger partial charge in [-0.05, 0) is 24.5 Å². The van der Waals surface area contributed by atoms with E-state index in [0.717, 1.165) is 0 Å². The largest absolute Gasteiger partial charge is 0.423 e. The van der Waals surface area contributed by atoms with Gasteiger partial charge in [-0.25, -0.2) is 0 Å². The van der Waals surface area contributed by atoms with E-state index in [1.165, 1.54) is 26.1 Å². The lowest BCUT2D eigenvalue weighted by Gasteiger charge is -2.38. The molecule has 0 N–H and O–H groups in total. The van der Waals surface area contributed by atoms with Crippen molar-refractivity contribution in [3.8, 4) is 0 Å². The molecule has 18 heavy (non-hydrogen) atoms. The predicted molar refractivity (Wildman–Crippen MR) is 63.1 cm³/mol. The van der Waals surface area contributed by atoms with E-state index < -0.39 is 17.7 Å². The average molecular weight is 261 g/mol. The topological polar surface area (TPSA) is 22.1 Å². The van der Waals surface area contributed by atoms with Gasteiger partial charge in [-0.2, -0.15) is 13.2 Å². The van der Waals surface area contributed by atoms with Gasteiger partial charge in [0.15, 0.2) is 0 Å². The molecule has 1 rings (SSSR count). The fourth-order valence-electron chi connectivity index (χ4n) is 1.94. The van der Waals surface area contributed by atoms with Gasteiger partial charge in [0.25, 0.3) is 0 Å². The molecule has 1 atom stereocenters. The van der Waals surface area contributed by atoms with Crippen molar-refractivity contribution in [1.29, 1.82) is 0 Å². The van der Waals surface area contributed by atoms with Gasteiger partial charge in [0.2, 0.25) is 5.60 Å². The first-order valence-corrected chi connectivity index (χ1v) is 5.98. The Labute approximate surface area is 105 Å². The second-order valence-electron chi connectivity index (χ2n) is 4.45. The molecule has 0 radical (unpaired) electrons. The number of alkyl halides is 3. The Balaban J connectivity index is 3.30. The molecule has 1 aromatic heterocycles. The zero-order valence-corrected chi connectivity index (χ0v) is 10.8. The van der Waals surface area contributed by atoms with E-state index in [1.54, 1.807) is 19.1 Å². The first-order valence-electron chi connectivity index (χ1n) is 5.98. The van der Waals surface area contributed by atoms with E-state index in [4.69, 9.17) is 4.74 Å². The molecule has 0 fully saturated rings. The van der Waals surface area contributed by atoms with Crippen LogP contribution in [0.2, 0.25) is 0 Å². The lowest BCUT2D eigenvalue weighted by Crippen LogP contribution is -2.49. The van der Waals surface area contributed by atoms with Gasteiger partial charge in [0.1, 0.15) is 0 Å². The highest BCUT2D eigenvalue weighted by Crippen LogP contribution is 2.46. The van der Waals surface area contributed by atoms with Gasteiger partial charge in [0, 0.05) is 12.8 Å². The van der Waals surface area contributed by atoms with Crippen molar-refractivity contribution < 1.29 is 17.9 Å². The Kier molecular flexibility index (Phi) is 4.73. The van der Waals surface area contributed by atoms with Crippen molar-refractivity contribution in [1.82, 2.24) is 4.98 Å². The summed E-state index contributed by atoms with van der Waals surface area (Å²) < 4.78 is 45.6. The summed E-state index contributed by atoms with van der Waals surface area (Å²) in [4.78, 5) is 3.85. The summed E-state index contributed by atoms with van der Waals surface area (Å²) in [6.07, 6.45) is -2.62. The minimum Gasteiger partial charge on any atom is -0.359 e. The molecule has 102 valence electrons. The van der Waals surface area contributed by atoms with Crippen LogP contribution in [0.1, 0.15) is 32.9 Å². The summed E-state index contributed by atoms with van der Waals surface area (Å²) >= 11 is 0. The van der Waals surface area contributed by atoms with Crippen molar-refractivity contribution in [2.24, 2.45) is 5.92 Å². The number of pyridine rings is 1. The SMILES string of the molecule is CCCOC(c1ccccn1)(C(C)C)C(F)(F)F. The Morgan fingerprint density at radius 3 is 2.33 bits per heavy atom. The highest BCUT2D eigenvalue weighted by atomic mass is 19.4. The monoisotopic (exact) mass is 261 g/mol. The fraction of sp³-hybridized carbons (Fsp3) is 0.615. The van der Waals surface area contributed by atoms with Gasteiger partial charge in [0.05, 0.1) is 5.69 Å². The first kappa shape index (κ1) is 15.0. The van der Waals surface area contributed by atoms with Gasteiger partial charge in [-0.3, -0.25) is 4.98 Å². The van der Waals surface area contributed by atoms with E-state index in [2.05, 4.69) is 4.98 Å². The van der Waals surface area contributed by atoms with Crippen molar-refractivity contribution in [2.75, 3.05) is 6.61 Å². The molecule has 0 aliphatic heterocycles. The minimum absolute atomic E-state index is 0.0499. The van der Waals surface area contributed by atoms with Gasteiger partial charge in [-0.15, -0.1) is 0 Å². The van der Waals surface area contributed by atoms with Crippen LogP contribution in [-0.4, -0.2) is 17.8 Å². The normalized spacial score (nSPS) is 15.7. The molecule has 1 unspecified atom stereocenters. The molecular weight excluding hydrogens is 243 g/mol. The predicted octanol–water partition coefficient (Wildman–Crippen LogP) is 3.92. The van der Waals surface area contributed by atoms with E-state index in [1.807, 2.05) is 0 Å². The summed E-state index contributed by atoms with van der Waals surface area (Å²) in [6, 6.07) is 4.49. The third-order valence-electron chi connectivity index (χ3n) is 2.81. The fourth-order valence-corrected chi connectivity index (χ4v) is 1.94. The van der Waals surface area contributed by atoms with Crippen molar-refractivity contribution in [3.05, 3.63) is 30.1 Å². The number of hydrogen-bond donors (Lipinski definition) is 0. The maximum atomic E-state index is 13.5. The van der Waals surface area contributed by atoms with Crippen LogP contribution in [0.25, 0.3) is 0 Å².